The van der Waals surface area contributed by atoms with Crippen molar-refractivity contribution in [1.29, 1.82) is 0 Å². The number of aryl methyl sites for hydroxylation is 1. The van der Waals surface area contributed by atoms with E-state index in [1.54, 1.807) is 26.0 Å². The predicted octanol–water partition coefficient (Wildman–Crippen LogP) is 2.29. The van der Waals surface area contributed by atoms with E-state index in [2.05, 4.69) is 20.7 Å². The molecular weight excluding hydrogens is 334 g/mol. The van der Waals surface area contributed by atoms with Crippen LogP contribution in [0.3, 0.4) is 0 Å². The van der Waals surface area contributed by atoms with Crippen LogP contribution in [0, 0.1) is 6.92 Å². The van der Waals surface area contributed by atoms with E-state index < -0.39 is 22.0 Å². The largest absolute Gasteiger partial charge is 0.480 e. The molecule has 1 aromatic carbocycles. The van der Waals surface area contributed by atoms with Crippen molar-refractivity contribution in [2.24, 2.45) is 0 Å². The summed E-state index contributed by atoms with van der Waals surface area (Å²) in [7, 11) is -3.84. The molecule has 0 amide bonds. The van der Waals surface area contributed by atoms with Crippen LogP contribution in [0.1, 0.15) is 25.3 Å². The highest BCUT2D eigenvalue weighted by molar-refractivity contribution is 9.10. The number of carboxylic acids is 1. The van der Waals surface area contributed by atoms with Gasteiger partial charge in [-0.05, 0) is 31.0 Å². The van der Waals surface area contributed by atoms with E-state index in [-0.39, 0.29) is 11.3 Å². The molecule has 0 fully saturated rings. The summed E-state index contributed by atoms with van der Waals surface area (Å²) in [6.07, 6.45) is 0.832. The number of halogens is 1. The van der Waals surface area contributed by atoms with E-state index in [0.29, 0.717) is 16.5 Å². The van der Waals surface area contributed by atoms with Gasteiger partial charge >= 0.3 is 5.97 Å². The number of nitrogens with one attached hydrogen (secondary N) is 1. The van der Waals surface area contributed by atoms with Gasteiger partial charge in [-0.1, -0.05) is 35.3 Å². The monoisotopic (exact) mass is 349 g/mol. The second-order valence-corrected chi connectivity index (χ2v) is 6.81. The lowest BCUT2D eigenvalue weighted by molar-refractivity contribution is -0.139. The molecule has 5 nitrogen and oxygen atoms in total. The van der Waals surface area contributed by atoms with E-state index >= 15 is 0 Å². The summed E-state index contributed by atoms with van der Waals surface area (Å²) in [5.41, 5.74) is 0.566. The first kappa shape index (κ1) is 16.1. The zero-order valence-electron chi connectivity index (χ0n) is 10.7. The maximum atomic E-state index is 12.2. The number of hydrogen-bond acceptors (Lipinski definition) is 3. The number of hydrogen-bond donors (Lipinski definition) is 2. The highest BCUT2D eigenvalue weighted by atomic mass is 79.9. The van der Waals surface area contributed by atoms with Crippen LogP contribution < -0.4 is 4.72 Å². The van der Waals surface area contributed by atoms with Crippen molar-refractivity contribution in [3.8, 4) is 0 Å². The Morgan fingerprint density at radius 2 is 2.11 bits per heavy atom. The van der Waals surface area contributed by atoms with Crippen LogP contribution in [0.15, 0.2) is 27.6 Å². The molecule has 19 heavy (non-hydrogen) atoms. The van der Waals surface area contributed by atoms with Gasteiger partial charge in [-0.2, -0.15) is 4.72 Å². The lowest BCUT2D eigenvalue weighted by Gasteiger charge is -2.15. The molecule has 0 heterocycles. The molecule has 106 valence electrons. The molecule has 1 atom stereocenters. The molecule has 1 rings (SSSR count). The summed E-state index contributed by atoms with van der Waals surface area (Å²) in [6, 6.07) is 3.75. The van der Waals surface area contributed by atoms with Crippen molar-refractivity contribution in [1.82, 2.24) is 4.72 Å². The quantitative estimate of drug-likeness (QED) is 0.825. The van der Waals surface area contributed by atoms with Gasteiger partial charge in [0.25, 0.3) is 0 Å². The third kappa shape index (κ3) is 4.29. The minimum atomic E-state index is -3.84. The lowest BCUT2D eigenvalue weighted by Crippen LogP contribution is -2.40. The van der Waals surface area contributed by atoms with Crippen molar-refractivity contribution in [3.05, 3.63) is 28.2 Å². The van der Waals surface area contributed by atoms with Gasteiger partial charge in [0.15, 0.2) is 0 Å². The summed E-state index contributed by atoms with van der Waals surface area (Å²) in [5, 5.41) is 9.00. The van der Waals surface area contributed by atoms with Crippen LogP contribution in [0.5, 0.6) is 0 Å². The van der Waals surface area contributed by atoms with Gasteiger partial charge in [0.2, 0.25) is 10.0 Å². The van der Waals surface area contributed by atoms with Crippen LogP contribution in [0.25, 0.3) is 0 Å². The van der Waals surface area contributed by atoms with Gasteiger partial charge in [-0.15, -0.1) is 0 Å². The molecule has 0 spiro atoms. The zero-order valence-corrected chi connectivity index (χ0v) is 13.1. The summed E-state index contributed by atoms with van der Waals surface area (Å²) in [4.78, 5) is 11.1. The second-order valence-electron chi connectivity index (χ2n) is 4.21. The van der Waals surface area contributed by atoms with Gasteiger partial charge < -0.3 is 5.11 Å². The SMILES string of the molecule is CCCC(NS(=O)(=O)c1cc(Br)ccc1C)C(=O)O. The maximum absolute atomic E-state index is 12.2. The van der Waals surface area contributed by atoms with Gasteiger partial charge in [0.1, 0.15) is 6.04 Å². The van der Waals surface area contributed by atoms with Gasteiger partial charge in [-0.25, -0.2) is 8.42 Å². The molecule has 7 heteroatoms. The van der Waals surface area contributed by atoms with Crippen LogP contribution >= 0.6 is 15.9 Å². The maximum Gasteiger partial charge on any atom is 0.321 e. The number of rotatable bonds is 6. The first-order valence-corrected chi connectivity index (χ1v) is 8.07. The molecule has 0 aliphatic rings. The summed E-state index contributed by atoms with van der Waals surface area (Å²) < 4.78 is 27.3. The Labute approximate surface area is 121 Å². The number of benzene rings is 1. The van der Waals surface area contributed by atoms with E-state index in [0.717, 1.165) is 0 Å². The second kappa shape index (κ2) is 6.49. The van der Waals surface area contributed by atoms with Crippen molar-refractivity contribution in [2.45, 2.75) is 37.6 Å². The Bertz CT molecular complexity index is 571. The average Bonchev–Trinajstić information content (AvgIpc) is 2.31. The molecule has 0 saturated carbocycles. The Morgan fingerprint density at radius 3 is 2.63 bits per heavy atom. The van der Waals surface area contributed by atoms with E-state index in [9.17, 15) is 13.2 Å². The molecule has 2 N–H and O–H groups in total. The third-order valence-electron chi connectivity index (χ3n) is 2.61. The molecule has 0 aromatic heterocycles. The fraction of sp³-hybridized carbons (Fsp3) is 0.417. The minimum Gasteiger partial charge on any atom is -0.480 e. The van der Waals surface area contributed by atoms with E-state index in [4.69, 9.17) is 5.11 Å². The zero-order chi connectivity index (χ0) is 14.6. The van der Waals surface area contributed by atoms with Crippen LogP contribution in [0.4, 0.5) is 0 Å². The molecule has 1 unspecified atom stereocenters. The first-order valence-electron chi connectivity index (χ1n) is 5.79. The normalized spacial score (nSPS) is 13.2. The molecule has 0 saturated heterocycles. The van der Waals surface area contributed by atoms with Crippen LogP contribution in [-0.4, -0.2) is 25.5 Å². The van der Waals surface area contributed by atoms with Crippen LogP contribution in [-0.2, 0) is 14.8 Å². The van der Waals surface area contributed by atoms with Gasteiger partial charge in [0, 0.05) is 4.47 Å². The van der Waals surface area contributed by atoms with E-state index in [1.807, 2.05) is 0 Å². The average molecular weight is 350 g/mol. The first-order chi connectivity index (χ1) is 8.77. The summed E-state index contributed by atoms with van der Waals surface area (Å²) >= 11 is 3.21. The minimum absolute atomic E-state index is 0.0872. The van der Waals surface area contributed by atoms with Gasteiger partial charge in [0.05, 0.1) is 4.90 Å². The number of sulfonamides is 1. The van der Waals surface area contributed by atoms with Crippen LogP contribution in [0.2, 0.25) is 0 Å². The Hall–Kier alpha value is -0.920. The van der Waals surface area contributed by atoms with Crippen molar-refractivity contribution >= 4 is 31.9 Å². The van der Waals surface area contributed by atoms with Crippen molar-refractivity contribution in [3.63, 3.8) is 0 Å². The molecule has 0 aliphatic heterocycles. The number of aliphatic carboxylic acids is 1. The molecule has 0 bridgehead atoms. The topological polar surface area (TPSA) is 83.5 Å². The number of carboxylic acid groups (broad SMARTS) is 1. The fourth-order valence-electron chi connectivity index (χ4n) is 1.64. The standard InChI is InChI=1S/C12H16BrNO4S/c1-3-4-10(12(15)16)14-19(17,18)11-7-9(13)6-5-8(11)2/h5-7,10,14H,3-4H2,1-2H3,(H,15,16). The molecule has 0 aliphatic carbocycles. The van der Waals surface area contributed by atoms with Crippen molar-refractivity contribution in [2.75, 3.05) is 0 Å². The third-order valence-corrected chi connectivity index (χ3v) is 4.72. The Kier molecular flexibility index (Phi) is 5.51. The highest BCUT2D eigenvalue weighted by Crippen LogP contribution is 2.21. The lowest BCUT2D eigenvalue weighted by atomic mass is 10.2. The summed E-state index contributed by atoms with van der Waals surface area (Å²) in [5.74, 6) is -1.17. The highest BCUT2D eigenvalue weighted by Gasteiger charge is 2.25. The Morgan fingerprint density at radius 1 is 1.47 bits per heavy atom. The predicted molar refractivity (Wildman–Crippen MR) is 75.5 cm³/mol. The molecule has 1 aromatic rings. The van der Waals surface area contributed by atoms with E-state index in [1.165, 1.54) is 6.07 Å². The number of carbonyl (C=O) groups is 1. The molecular formula is C12H16BrNO4S. The van der Waals surface area contributed by atoms with Crippen molar-refractivity contribution < 1.29 is 18.3 Å². The summed E-state index contributed by atoms with van der Waals surface area (Å²) in [6.45, 7) is 3.46. The molecule has 0 radical (unpaired) electrons. The smallest absolute Gasteiger partial charge is 0.321 e. The van der Waals surface area contributed by atoms with Gasteiger partial charge in [-0.3, -0.25) is 4.79 Å². The Balaban J connectivity index is 3.10. The fourth-order valence-corrected chi connectivity index (χ4v) is 3.64.